The Kier molecular flexibility index (Phi) is 4.68. The number of carbonyl (C=O) groups excluding carboxylic acids is 1. The molecule has 7 heteroatoms. The minimum Gasteiger partial charge on any atom is -0.504 e. The number of carbonyl (C=O) groups is 1. The van der Waals surface area contributed by atoms with Crippen LogP contribution in [0.5, 0.6) is 11.5 Å². The van der Waals surface area contributed by atoms with E-state index in [1.165, 1.54) is 13.2 Å². The number of fused-ring (bicyclic) bond motifs is 3. The van der Waals surface area contributed by atoms with Crippen LogP contribution in [0.1, 0.15) is 33.8 Å². The molecule has 0 aliphatic carbocycles. The smallest absolute Gasteiger partial charge is 0.343 e. The number of ether oxygens (including phenoxy) is 2. The van der Waals surface area contributed by atoms with E-state index in [0.29, 0.717) is 17.9 Å². The predicted octanol–water partition coefficient (Wildman–Crippen LogP) is 3.61. The van der Waals surface area contributed by atoms with Crippen molar-refractivity contribution in [2.45, 2.75) is 19.4 Å². The van der Waals surface area contributed by atoms with Gasteiger partial charge in [0.1, 0.15) is 5.56 Å². The van der Waals surface area contributed by atoms with Gasteiger partial charge >= 0.3 is 5.97 Å². The molecule has 1 N–H and O–H groups in total. The fraction of sp³-hybridized carbons (Fsp3) is 0.238. The molecule has 144 valence electrons. The summed E-state index contributed by atoms with van der Waals surface area (Å²) in [7, 11) is 1.48. The van der Waals surface area contributed by atoms with Crippen LogP contribution in [0.3, 0.4) is 0 Å². The van der Waals surface area contributed by atoms with Gasteiger partial charge in [-0.2, -0.15) is 0 Å². The highest BCUT2D eigenvalue weighted by Crippen LogP contribution is 2.42. The third-order valence-electron chi connectivity index (χ3n) is 4.88. The summed E-state index contributed by atoms with van der Waals surface area (Å²) in [5.74, 6) is -0.228. The Bertz CT molecular complexity index is 1100. The Hall–Kier alpha value is -3.06. The molecule has 3 aromatic rings. The number of phenolic OH excluding ortho intramolecular Hbond substituents is 1. The number of hydrogen-bond acceptors (Lipinski definition) is 6. The molecule has 0 saturated heterocycles. The molecule has 1 unspecified atom stereocenters. The van der Waals surface area contributed by atoms with Crippen molar-refractivity contribution in [3.63, 3.8) is 0 Å². The zero-order valence-electron chi connectivity index (χ0n) is 15.5. The fourth-order valence-electron chi connectivity index (χ4n) is 3.59. The van der Waals surface area contributed by atoms with Crippen molar-refractivity contribution in [1.29, 1.82) is 0 Å². The van der Waals surface area contributed by atoms with Crippen molar-refractivity contribution in [3.05, 3.63) is 68.1 Å². The molecule has 0 bridgehead atoms. The second-order valence-electron chi connectivity index (χ2n) is 6.48. The van der Waals surface area contributed by atoms with Crippen LogP contribution in [-0.2, 0) is 11.2 Å². The largest absolute Gasteiger partial charge is 0.504 e. The van der Waals surface area contributed by atoms with E-state index in [0.717, 1.165) is 16.0 Å². The van der Waals surface area contributed by atoms with E-state index in [9.17, 15) is 14.7 Å². The zero-order valence-corrected chi connectivity index (χ0v) is 16.3. The highest BCUT2D eigenvalue weighted by Gasteiger charge is 2.29. The quantitative estimate of drug-likeness (QED) is 0.681. The topological polar surface area (TPSA) is 77.8 Å². The van der Waals surface area contributed by atoms with E-state index >= 15 is 0 Å². The van der Waals surface area contributed by atoms with E-state index in [1.54, 1.807) is 36.6 Å². The summed E-state index contributed by atoms with van der Waals surface area (Å²) in [4.78, 5) is 26.0. The van der Waals surface area contributed by atoms with Crippen LogP contribution in [0.2, 0.25) is 0 Å². The van der Waals surface area contributed by atoms with Crippen LogP contribution in [0.15, 0.2) is 46.7 Å². The van der Waals surface area contributed by atoms with Gasteiger partial charge in [0.2, 0.25) is 0 Å². The van der Waals surface area contributed by atoms with Gasteiger partial charge in [0.15, 0.2) is 16.9 Å². The molecule has 1 aromatic carbocycles. The summed E-state index contributed by atoms with van der Waals surface area (Å²) in [6, 6.07) is 8.77. The molecule has 6 nitrogen and oxygen atoms in total. The zero-order chi connectivity index (χ0) is 19.8. The van der Waals surface area contributed by atoms with Gasteiger partial charge in [-0.15, -0.1) is 11.3 Å². The lowest BCUT2D eigenvalue weighted by atomic mass is 9.91. The number of hydrogen-bond donors (Lipinski definition) is 1. The van der Waals surface area contributed by atoms with Crippen LogP contribution in [0.25, 0.3) is 11.3 Å². The van der Waals surface area contributed by atoms with E-state index in [1.807, 2.05) is 22.1 Å². The molecule has 0 radical (unpaired) electrons. The lowest BCUT2D eigenvalue weighted by molar-refractivity contribution is 0.0523. The molecule has 1 aliphatic heterocycles. The van der Waals surface area contributed by atoms with Crippen molar-refractivity contribution < 1.29 is 19.4 Å². The second-order valence-corrected chi connectivity index (χ2v) is 7.46. The van der Waals surface area contributed by atoms with Gasteiger partial charge in [-0.3, -0.25) is 4.79 Å². The number of pyridine rings is 1. The van der Waals surface area contributed by atoms with Crippen molar-refractivity contribution >= 4 is 17.3 Å². The maximum atomic E-state index is 12.6. The molecule has 0 amide bonds. The lowest BCUT2D eigenvalue weighted by Crippen LogP contribution is -2.26. The first-order valence-electron chi connectivity index (χ1n) is 8.90. The summed E-state index contributed by atoms with van der Waals surface area (Å²) in [6.45, 7) is 1.91. The third kappa shape index (κ3) is 2.97. The van der Waals surface area contributed by atoms with Gasteiger partial charge in [0.05, 0.1) is 25.5 Å². The van der Waals surface area contributed by atoms with Crippen LogP contribution in [-0.4, -0.2) is 29.4 Å². The van der Waals surface area contributed by atoms with Crippen LogP contribution in [0, 0.1) is 0 Å². The van der Waals surface area contributed by atoms with Gasteiger partial charge < -0.3 is 19.1 Å². The van der Waals surface area contributed by atoms with Crippen LogP contribution in [0.4, 0.5) is 0 Å². The molecule has 1 aliphatic rings. The number of rotatable bonds is 4. The number of methoxy groups -OCH3 is 1. The number of phenols is 1. The fourth-order valence-corrected chi connectivity index (χ4v) is 4.42. The molecule has 0 spiro atoms. The Morgan fingerprint density at radius 3 is 2.86 bits per heavy atom. The molecular weight excluding hydrogens is 378 g/mol. The molecular formula is C21H19NO5S. The Balaban J connectivity index is 1.96. The normalized spacial score (nSPS) is 14.9. The van der Waals surface area contributed by atoms with E-state index in [2.05, 4.69) is 0 Å². The molecule has 3 heterocycles. The Labute approximate surface area is 165 Å². The van der Waals surface area contributed by atoms with Gasteiger partial charge in [-0.1, -0.05) is 6.07 Å². The van der Waals surface area contributed by atoms with Crippen molar-refractivity contribution in [2.24, 2.45) is 0 Å². The first-order valence-corrected chi connectivity index (χ1v) is 9.78. The summed E-state index contributed by atoms with van der Waals surface area (Å²) >= 11 is 1.61. The van der Waals surface area contributed by atoms with E-state index < -0.39 is 11.4 Å². The number of esters is 1. The molecule has 4 rings (SSSR count). The number of aromatic nitrogens is 1. The highest BCUT2D eigenvalue weighted by atomic mass is 32.1. The van der Waals surface area contributed by atoms with Crippen molar-refractivity contribution in [2.75, 3.05) is 13.7 Å². The van der Waals surface area contributed by atoms with Crippen molar-refractivity contribution in [3.8, 4) is 22.8 Å². The van der Waals surface area contributed by atoms with E-state index in [4.69, 9.17) is 9.47 Å². The molecule has 0 saturated carbocycles. The monoisotopic (exact) mass is 397 g/mol. The first kappa shape index (κ1) is 18.3. The lowest BCUT2D eigenvalue weighted by Gasteiger charge is -2.30. The molecule has 2 aromatic heterocycles. The predicted molar refractivity (Wildman–Crippen MR) is 106 cm³/mol. The summed E-state index contributed by atoms with van der Waals surface area (Å²) in [5.41, 5.74) is 2.02. The standard InChI is InChI=1S/C21H19NO5S/c1-3-27-21(25)14-11-22-15(10-17(14)23)13-9-19(26-2)18(24)8-12(13)7-16(22)20-5-4-6-28-20/h4-6,8-11,16,24H,3,7H2,1-2H3. The molecule has 1 atom stereocenters. The van der Waals surface area contributed by atoms with Crippen LogP contribution >= 0.6 is 11.3 Å². The number of aromatic hydroxyl groups is 1. The van der Waals surface area contributed by atoms with Crippen LogP contribution < -0.4 is 10.2 Å². The summed E-state index contributed by atoms with van der Waals surface area (Å²) in [6.07, 6.45) is 2.20. The second kappa shape index (κ2) is 7.16. The molecule has 28 heavy (non-hydrogen) atoms. The minimum atomic E-state index is -0.623. The van der Waals surface area contributed by atoms with Gasteiger partial charge in [-0.25, -0.2) is 4.79 Å². The number of benzene rings is 1. The maximum Gasteiger partial charge on any atom is 0.343 e. The maximum absolute atomic E-state index is 12.6. The highest BCUT2D eigenvalue weighted by molar-refractivity contribution is 7.10. The average molecular weight is 397 g/mol. The Morgan fingerprint density at radius 2 is 2.18 bits per heavy atom. The Morgan fingerprint density at radius 1 is 1.36 bits per heavy atom. The third-order valence-corrected chi connectivity index (χ3v) is 5.85. The summed E-state index contributed by atoms with van der Waals surface area (Å²) in [5, 5.41) is 12.2. The van der Waals surface area contributed by atoms with Crippen molar-refractivity contribution in [1.82, 2.24) is 4.57 Å². The van der Waals surface area contributed by atoms with Gasteiger partial charge in [0, 0.05) is 22.7 Å². The number of nitrogens with zero attached hydrogens (tertiary/aromatic N) is 1. The number of thiophene rings is 1. The van der Waals surface area contributed by atoms with E-state index in [-0.39, 0.29) is 24.0 Å². The first-order chi connectivity index (χ1) is 13.5. The molecule has 0 fully saturated rings. The minimum absolute atomic E-state index is 0.0151. The summed E-state index contributed by atoms with van der Waals surface area (Å²) < 4.78 is 12.2. The van der Waals surface area contributed by atoms with Gasteiger partial charge in [0.25, 0.3) is 0 Å². The van der Waals surface area contributed by atoms with Gasteiger partial charge in [-0.05, 0) is 42.5 Å². The average Bonchev–Trinajstić information content (AvgIpc) is 3.21. The SMILES string of the molecule is CCOC(=O)c1cn2c(cc1=O)-c1cc(OC)c(O)cc1CC2c1cccs1.